The zero-order valence-electron chi connectivity index (χ0n) is 38.5. The highest BCUT2D eigenvalue weighted by Crippen LogP contribution is 2.45. The fourth-order valence-corrected chi connectivity index (χ4v) is 10.5. The van der Waals surface area contributed by atoms with Crippen LogP contribution >= 0.6 is 0 Å². The molecule has 2 nitrogen and oxygen atoms in total. The van der Waals surface area contributed by atoms with Crippen LogP contribution in [0.5, 0.6) is 0 Å². The smallest absolute Gasteiger partial charge is 0.0625 e. The van der Waals surface area contributed by atoms with Gasteiger partial charge >= 0.3 is 0 Å². The predicted octanol–water partition coefficient (Wildman–Crippen LogP) is 18.7. The van der Waals surface area contributed by atoms with Crippen LogP contribution in [0, 0.1) is 0 Å². The highest BCUT2D eigenvalue weighted by atomic mass is 15.1. The van der Waals surface area contributed by atoms with Crippen molar-refractivity contribution in [3.63, 3.8) is 0 Å². The van der Waals surface area contributed by atoms with Crippen molar-refractivity contribution in [3.8, 4) is 33.4 Å². The number of benzene rings is 9. The largest absolute Gasteiger partial charge is 0.310 e. The van der Waals surface area contributed by atoms with Crippen LogP contribution in [-0.4, -0.2) is 4.57 Å². The summed E-state index contributed by atoms with van der Waals surface area (Å²) in [5.74, 6) is 0. The molecule has 2 aliphatic rings. The summed E-state index contributed by atoms with van der Waals surface area (Å²) in [6, 6.07) is 75.3. The van der Waals surface area contributed by atoms with Crippen LogP contribution in [0.4, 0.5) is 17.1 Å². The lowest BCUT2D eigenvalue weighted by Gasteiger charge is -2.27. The van der Waals surface area contributed by atoms with Gasteiger partial charge in [-0.1, -0.05) is 207 Å². The molecule has 69 heavy (non-hydrogen) atoms. The molecule has 10 aromatic rings. The summed E-state index contributed by atoms with van der Waals surface area (Å²) in [6.07, 6.45) is 20.9. The fraction of sp³-hybridized carbons (Fsp3) is 0.0448. The quantitative estimate of drug-likeness (QED) is 0.124. The highest BCUT2D eigenvalue weighted by Gasteiger charge is 2.22. The van der Waals surface area contributed by atoms with Crippen molar-refractivity contribution >= 4 is 72.6 Å². The molecule has 0 atom stereocenters. The molecule has 1 aromatic heterocycles. The molecule has 0 spiro atoms. The number of fused-ring (bicyclic) bond motifs is 6. The number of hydrogen-bond donors (Lipinski definition) is 0. The molecule has 328 valence electrons. The van der Waals surface area contributed by atoms with E-state index in [1.54, 1.807) is 0 Å². The van der Waals surface area contributed by atoms with E-state index in [2.05, 4.69) is 265 Å². The predicted molar refractivity (Wildman–Crippen MR) is 297 cm³/mol. The van der Waals surface area contributed by atoms with Gasteiger partial charge in [0, 0.05) is 38.9 Å². The van der Waals surface area contributed by atoms with Gasteiger partial charge in [-0.15, -0.1) is 0 Å². The highest BCUT2D eigenvalue weighted by molar-refractivity contribution is 6.24. The molecule has 0 unspecified atom stereocenters. The van der Waals surface area contributed by atoms with Gasteiger partial charge in [0.15, 0.2) is 0 Å². The second-order valence-corrected chi connectivity index (χ2v) is 17.9. The Morgan fingerprint density at radius 3 is 1.94 bits per heavy atom. The van der Waals surface area contributed by atoms with Gasteiger partial charge in [-0.3, -0.25) is 0 Å². The third-order valence-electron chi connectivity index (χ3n) is 13.8. The van der Waals surface area contributed by atoms with E-state index in [-0.39, 0.29) is 0 Å². The number of aromatic nitrogens is 1. The summed E-state index contributed by atoms with van der Waals surface area (Å²) in [5, 5.41) is 5.00. The average molecular weight is 883 g/mol. The molecule has 0 saturated carbocycles. The molecule has 9 aromatic carbocycles. The van der Waals surface area contributed by atoms with E-state index in [9.17, 15) is 0 Å². The second kappa shape index (κ2) is 18.2. The first-order valence-electron chi connectivity index (χ1n) is 24.1. The minimum atomic E-state index is 0.906. The summed E-state index contributed by atoms with van der Waals surface area (Å²) in [7, 11) is 0. The molecular formula is C67H50N2. The Bertz CT molecular complexity index is 3740. The van der Waals surface area contributed by atoms with E-state index >= 15 is 0 Å². The lowest BCUT2D eigenvalue weighted by molar-refractivity contribution is 1.02. The molecule has 12 rings (SSSR count). The first-order valence-corrected chi connectivity index (χ1v) is 24.1. The van der Waals surface area contributed by atoms with Gasteiger partial charge in [-0.2, -0.15) is 0 Å². The minimum absolute atomic E-state index is 0.906. The summed E-state index contributed by atoms with van der Waals surface area (Å²) >= 11 is 0. The maximum absolute atomic E-state index is 4.25. The van der Waals surface area contributed by atoms with Crippen molar-refractivity contribution in [1.82, 2.24) is 4.57 Å². The van der Waals surface area contributed by atoms with E-state index in [0.717, 1.165) is 47.5 Å². The van der Waals surface area contributed by atoms with Gasteiger partial charge in [-0.25, -0.2) is 0 Å². The zero-order chi connectivity index (χ0) is 46.1. The van der Waals surface area contributed by atoms with Crippen LogP contribution in [0.15, 0.2) is 255 Å². The normalized spacial score (nSPS) is 14.1. The van der Waals surface area contributed by atoms with Crippen LogP contribution in [0.1, 0.15) is 36.0 Å². The number of hydrogen-bond acceptors (Lipinski definition) is 1. The van der Waals surface area contributed by atoms with Gasteiger partial charge in [0.1, 0.15) is 0 Å². The minimum Gasteiger partial charge on any atom is -0.310 e. The van der Waals surface area contributed by atoms with Crippen molar-refractivity contribution < 1.29 is 0 Å². The van der Waals surface area contributed by atoms with Crippen LogP contribution in [0.25, 0.3) is 88.9 Å². The van der Waals surface area contributed by atoms with Gasteiger partial charge in [-0.05, 0) is 140 Å². The molecule has 0 amide bonds. The number of nitrogens with zero attached hydrogens (tertiary/aromatic N) is 2. The molecule has 0 bridgehead atoms. The number of anilines is 3. The van der Waals surface area contributed by atoms with Crippen molar-refractivity contribution in [2.75, 3.05) is 4.90 Å². The molecule has 1 heterocycles. The first kappa shape index (κ1) is 41.7. The number of rotatable bonds is 10. The van der Waals surface area contributed by atoms with Gasteiger partial charge in [0.05, 0.1) is 11.0 Å². The molecule has 0 radical (unpaired) electrons. The fourth-order valence-electron chi connectivity index (χ4n) is 10.5. The average Bonchev–Trinajstić information content (AvgIpc) is 3.78. The monoisotopic (exact) mass is 882 g/mol. The lowest BCUT2D eigenvalue weighted by Crippen LogP contribution is -2.10. The van der Waals surface area contributed by atoms with E-state index in [4.69, 9.17) is 0 Å². The van der Waals surface area contributed by atoms with Crippen LogP contribution < -0.4 is 4.90 Å². The van der Waals surface area contributed by atoms with Gasteiger partial charge in [0.25, 0.3) is 0 Å². The van der Waals surface area contributed by atoms with Gasteiger partial charge < -0.3 is 9.47 Å². The van der Waals surface area contributed by atoms with E-state index < -0.39 is 0 Å². The number of para-hydroxylation sites is 1. The summed E-state index contributed by atoms with van der Waals surface area (Å²) in [6.45, 7) is 4.25. The Balaban J connectivity index is 0.996. The third-order valence-corrected chi connectivity index (χ3v) is 13.8. The SMILES string of the molecule is C=C/C(=C\C=C1/CC=Cc2ccccc21)c1ccc(N(c2ccc(-c3ccccc3-c3ccccc3)cc2)c2cccc(-c3cc4ccccc4c4c3c3ccccc3n4C3=CCCC=C3)c2)cc1. The molecule has 0 aliphatic heterocycles. The standard InChI is InChI=1S/C67H50N2/c1-2-47(35-36-51-24-17-23-49-21-9-11-29-59(49)51)48-37-41-56(42-38-48)68(57-43-39-52(40-44-57)61-31-14-13-30-60(61)50-19-5-3-6-20-50)58-28-18-25-53(45-58)64-46-54-22-10-12-32-62(54)67-66(64)63-33-15-16-34-65(63)69(67)55-26-7-4-8-27-55/h2-3,5-7,9-23,25-46H,1,4,8,24H2/b47-35+,51-36+. The van der Waals surface area contributed by atoms with Crippen molar-refractivity contribution in [2.24, 2.45) is 0 Å². The number of allylic oxidation sites excluding steroid dienone is 10. The zero-order valence-corrected chi connectivity index (χ0v) is 38.5. The molecule has 2 heteroatoms. The summed E-state index contributed by atoms with van der Waals surface area (Å²) < 4.78 is 2.49. The molecule has 0 fully saturated rings. The summed E-state index contributed by atoms with van der Waals surface area (Å²) in [5.41, 5.74) is 20.2. The van der Waals surface area contributed by atoms with Crippen molar-refractivity contribution in [2.45, 2.75) is 19.3 Å². The Morgan fingerprint density at radius 2 is 1.17 bits per heavy atom. The maximum atomic E-state index is 4.25. The Hall–Kier alpha value is -8.72. The third kappa shape index (κ3) is 7.76. The van der Waals surface area contributed by atoms with E-state index in [1.807, 2.05) is 6.08 Å². The first-order chi connectivity index (χ1) is 34.2. The Kier molecular flexibility index (Phi) is 11.0. The van der Waals surface area contributed by atoms with E-state index in [1.165, 1.54) is 88.4 Å². The Labute approximate surface area is 404 Å². The van der Waals surface area contributed by atoms with Crippen molar-refractivity contribution in [1.29, 1.82) is 0 Å². The molecule has 2 aliphatic carbocycles. The summed E-state index contributed by atoms with van der Waals surface area (Å²) in [4.78, 5) is 2.39. The van der Waals surface area contributed by atoms with Crippen molar-refractivity contribution in [3.05, 3.63) is 272 Å². The van der Waals surface area contributed by atoms with Gasteiger partial charge in [0.2, 0.25) is 0 Å². The van der Waals surface area contributed by atoms with Crippen LogP contribution in [0.2, 0.25) is 0 Å². The molecular weight excluding hydrogens is 833 g/mol. The topological polar surface area (TPSA) is 8.17 Å². The molecule has 0 saturated heterocycles. The maximum Gasteiger partial charge on any atom is 0.0625 e. The lowest BCUT2D eigenvalue weighted by atomic mass is 9.91. The van der Waals surface area contributed by atoms with E-state index in [0.29, 0.717) is 0 Å². The van der Waals surface area contributed by atoms with Crippen LogP contribution in [-0.2, 0) is 0 Å². The second-order valence-electron chi connectivity index (χ2n) is 17.9. The molecule has 0 N–H and O–H groups in total. The van der Waals surface area contributed by atoms with Crippen LogP contribution in [0.3, 0.4) is 0 Å². The Morgan fingerprint density at radius 1 is 0.507 bits per heavy atom.